The number of allylic oxidation sites excluding steroid dienone is 1. The van der Waals surface area contributed by atoms with E-state index in [0.717, 1.165) is 13.0 Å². The maximum atomic E-state index is 4.02. The van der Waals surface area contributed by atoms with E-state index in [1.165, 1.54) is 37.1 Å². The number of hydrogen-bond acceptors (Lipinski definition) is 2. The molecule has 108 valence electrons. The van der Waals surface area contributed by atoms with Gasteiger partial charge in [-0.15, -0.1) is 0 Å². The lowest BCUT2D eigenvalue weighted by Crippen LogP contribution is -2.41. The van der Waals surface area contributed by atoms with Crippen LogP contribution in [0.3, 0.4) is 0 Å². The molecule has 0 bridgehead atoms. The molecule has 21 heavy (non-hydrogen) atoms. The van der Waals surface area contributed by atoms with Crippen LogP contribution in [0.4, 0.5) is 0 Å². The molecule has 1 aliphatic carbocycles. The summed E-state index contributed by atoms with van der Waals surface area (Å²) in [5.74, 6) is 0. The molecule has 1 saturated heterocycles. The number of rotatable bonds is 3. The largest absolute Gasteiger partial charge is 0.303 e. The molecule has 0 unspecified atom stereocenters. The van der Waals surface area contributed by atoms with Crippen molar-refractivity contribution in [3.63, 3.8) is 0 Å². The smallest absolute Gasteiger partial charge is 0.0519 e. The van der Waals surface area contributed by atoms with Crippen molar-refractivity contribution >= 4 is 6.08 Å². The zero-order valence-electron chi connectivity index (χ0n) is 12.3. The second kappa shape index (κ2) is 5.15. The number of aromatic amines is 1. The minimum absolute atomic E-state index is 0.308. The Kier molecular flexibility index (Phi) is 3.15. The maximum Gasteiger partial charge on any atom is 0.0519 e. The van der Waals surface area contributed by atoms with Gasteiger partial charge in [0, 0.05) is 18.2 Å². The summed E-state index contributed by atoms with van der Waals surface area (Å²) in [5, 5.41) is 6.91. The Morgan fingerprint density at radius 3 is 2.86 bits per heavy atom. The Morgan fingerprint density at radius 2 is 2.05 bits per heavy atom. The predicted molar refractivity (Wildman–Crippen MR) is 85.1 cm³/mol. The third-order valence-electron chi connectivity index (χ3n) is 5.10. The van der Waals surface area contributed by atoms with Gasteiger partial charge in [-0.3, -0.25) is 5.10 Å². The van der Waals surface area contributed by atoms with Gasteiger partial charge in [-0.2, -0.15) is 5.10 Å². The fraction of sp³-hybridized carbons (Fsp3) is 0.389. The van der Waals surface area contributed by atoms with Gasteiger partial charge in [0.1, 0.15) is 0 Å². The first-order chi connectivity index (χ1) is 10.4. The van der Waals surface area contributed by atoms with Crippen LogP contribution in [0.2, 0.25) is 0 Å². The van der Waals surface area contributed by atoms with Crippen molar-refractivity contribution in [2.45, 2.75) is 24.7 Å². The second-order valence-electron chi connectivity index (χ2n) is 6.27. The topological polar surface area (TPSA) is 31.9 Å². The van der Waals surface area contributed by atoms with E-state index in [-0.39, 0.29) is 0 Å². The van der Waals surface area contributed by atoms with Gasteiger partial charge in [0.25, 0.3) is 0 Å². The summed E-state index contributed by atoms with van der Waals surface area (Å²) in [5.41, 5.74) is 4.58. The summed E-state index contributed by atoms with van der Waals surface area (Å²) in [4.78, 5) is 2.59. The van der Waals surface area contributed by atoms with E-state index in [1.807, 2.05) is 12.4 Å². The van der Waals surface area contributed by atoms with Gasteiger partial charge in [0.2, 0.25) is 0 Å². The highest BCUT2D eigenvalue weighted by molar-refractivity contribution is 5.65. The first-order valence-corrected chi connectivity index (χ1v) is 7.85. The number of nitrogens with one attached hydrogen (secondary N) is 1. The van der Waals surface area contributed by atoms with E-state index in [9.17, 15) is 0 Å². The lowest BCUT2D eigenvalue weighted by Gasteiger charge is -2.39. The molecular weight excluding hydrogens is 258 g/mol. The molecule has 0 radical (unpaired) electrons. The van der Waals surface area contributed by atoms with Crippen LogP contribution in [0.15, 0.2) is 42.7 Å². The van der Waals surface area contributed by atoms with Crippen LogP contribution >= 0.6 is 0 Å². The third-order valence-corrected chi connectivity index (χ3v) is 5.10. The summed E-state index contributed by atoms with van der Waals surface area (Å²) in [6.07, 6.45) is 12.3. The molecular formula is C18H21N3. The minimum Gasteiger partial charge on any atom is -0.303 e. The number of H-pyrrole nitrogens is 1. The van der Waals surface area contributed by atoms with Crippen molar-refractivity contribution in [3.05, 3.63) is 59.4 Å². The summed E-state index contributed by atoms with van der Waals surface area (Å²) in [6, 6.07) is 8.88. The molecule has 1 N–H and O–H groups in total. The molecule has 1 aliphatic heterocycles. The first-order valence-electron chi connectivity index (χ1n) is 7.85. The Balaban J connectivity index is 1.40. The number of aromatic nitrogens is 2. The van der Waals surface area contributed by atoms with Crippen molar-refractivity contribution in [2.24, 2.45) is 0 Å². The average molecular weight is 279 g/mol. The number of fused-ring (bicyclic) bond motifs is 2. The SMILES string of the molecule is C1=CC2(CCN(CCc3cn[nH]c3)CC2)c2ccccc21. The van der Waals surface area contributed by atoms with Crippen molar-refractivity contribution < 1.29 is 0 Å². The molecule has 1 aromatic heterocycles. The van der Waals surface area contributed by atoms with Crippen LogP contribution < -0.4 is 0 Å². The highest BCUT2D eigenvalue weighted by Gasteiger charge is 2.37. The van der Waals surface area contributed by atoms with Crippen molar-refractivity contribution in [1.82, 2.24) is 15.1 Å². The van der Waals surface area contributed by atoms with Crippen molar-refractivity contribution in [2.75, 3.05) is 19.6 Å². The van der Waals surface area contributed by atoms with Gasteiger partial charge < -0.3 is 4.90 Å². The van der Waals surface area contributed by atoms with Gasteiger partial charge in [-0.25, -0.2) is 0 Å². The van der Waals surface area contributed by atoms with Crippen LogP contribution in [0.1, 0.15) is 29.5 Å². The summed E-state index contributed by atoms with van der Waals surface area (Å²) >= 11 is 0. The highest BCUT2D eigenvalue weighted by Crippen LogP contribution is 2.43. The Hall–Kier alpha value is -1.87. The molecule has 1 fully saturated rings. The van der Waals surface area contributed by atoms with Crippen LogP contribution in [-0.4, -0.2) is 34.7 Å². The van der Waals surface area contributed by atoms with Crippen LogP contribution in [0, 0.1) is 0 Å². The molecule has 2 aromatic rings. The van der Waals surface area contributed by atoms with Gasteiger partial charge in [0.05, 0.1) is 6.20 Å². The average Bonchev–Trinajstić information content (AvgIpc) is 3.17. The molecule has 3 heteroatoms. The lowest BCUT2D eigenvalue weighted by atomic mass is 9.74. The van der Waals surface area contributed by atoms with E-state index in [4.69, 9.17) is 0 Å². The Morgan fingerprint density at radius 1 is 1.19 bits per heavy atom. The number of nitrogens with zero attached hydrogens (tertiary/aromatic N) is 2. The zero-order valence-corrected chi connectivity index (χ0v) is 12.3. The van der Waals surface area contributed by atoms with Crippen LogP contribution in [0.25, 0.3) is 6.08 Å². The number of piperidine rings is 1. The van der Waals surface area contributed by atoms with Crippen LogP contribution in [-0.2, 0) is 11.8 Å². The lowest BCUT2D eigenvalue weighted by molar-refractivity contribution is 0.186. The van der Waals surface area contributed by atoms with E-state index in [1.54, 1.807) is 5.56 Å². The van der Waals surface area contributed by atoms with Crippen LogP contribution in [0.5, 0.6) is 0 Å². The van der Waals surface area contributed by atoms with Gasteiger partial charge in [-0.05, 0) is 49.0 Å². The Bertz CT molecular complexity index is 634. The number of benzene rings is 1. The minimum atomic E-state index is 0.308. The summed E-state index contributed by atoms with van der Waals surface area (Å²) in [6.45, 7) is 3.52. The van der Waals surface area contributed by atoms with E-state index in [0.29, 0.717) is 5.41 Å². The summed E-state index contributed by atoms with van der Waals surface area (Å²) in [7, 11) is 0. The second-order valence-corrected chi connectivity index (χ2v) is 6.27. The van der Waals surface area contributed by atoms with Crippen molar-refractivity contribution in [1.29, 1.82) is 0 Å². The molecule has 4 rings (SSSR count). The fourth-order valence-electron chi connectivity index (χ4n) is 3.75. The molecule has 1 spiro atoms. The van der Waals surface area contributed by atoms with Gasteiger partial charge in [0.15, 0.2) is 0 Å². The molecule has 1 aromatic carbocycles. The van der Waals surface area contributed by atoms with Crippen molar-refractivity contribution in [3.8, 4) is 0 Å². The monoisotopic (exact) mass is 279 g/mol. The van der Waals surface area contributed by atoms with E-state index >= 15 is 0 Å². The predicted octanol–water partition coefficient (Wildman–Crippen LogP) is 3.01. The zero-order chi connectivity index (χ0) is 14.1. The quantitative estimate of drug-likeness (QED) is 0.936. The summed E-state index contributed by atoms with van der Waals surface area (Å²) < 4.78 is 0. The molecule has 0 saturated carbocycles. The number of hydrogen-bond donors (Lipinski definition) is 1. The number of likely N-dealkylation sites (tertiary alicyclic amines) is 1. The first kappa shape index (κ1) is 12.8. The highest BCUT2D eigenvalue weighted by atomic mass is 15.1. The third kappa shape index (κ3) is 2.32. The van der Waals surface area contributed by atoms with Gasteiger partial charge >= 0.3 is 0 Å². The van der Waals surface area contributed by atoms with E-state index < -0.39 is 0 Å². The molecule has 0 atom stereocenters. The molecule has 3 nitrogen and oxygen atoms in total. The van der Waals surface area contributed by atoms with Gasteiger partial charge in [-0.1, -0.05) is 36.4 Å². The Labute approximate surface area is 125 Å². The molecule has 2 heterocycles. The molecule has 2 aliphatic rings. The maximum absolute atomic E-state index is 4.02. The molecule has 0 amide bonds. The fourth-order valence-corrected chi connectivity index (χ4v) is 3.75. The van der Waals surface area contributed by atoms with E-state index in [2.05, 4.69) is 51.5 Å². The normalized spacial score (nSPS) is 20.0. The standard InChI is InChI=1S/C18H21N3/c1-2-4-17-16(3-1)5-7-18(17)8-11-21(12-9-18)10-6-15-13-19-20-14-15/h1-5,7,13-14H,6,8-12H2,(H,19,20).